The van der Waals surface area contributed by atoms with Crippen molar-refractivity contribution in [2.75, 3.05) is 13.7 Å². The van der Waals surface area contributed by atoms with Crippen LogP contribution in [0.3, 0.4) is 0 Å². The highest BCUT2D eigenvalue weighted by Gasteiger charge is 2.09. The molecular weight excluding hydrogens is 176 g/mol. The second kappa shape index (κ2) is 4.98. The van der Waals surface area contributed by atoms with Gasteiger partial charge in [0.2, 0.25) is 0 Å². The summed E-state index contributed by atoms with van der Waals surface area (Å²) in [6, 6.07) is 5.87. The molecule has 0 heterocycles. The summed E-state index contributed by atoms with van der Waals surface area (Å²) in [5.41, 5.74) is 13.8. The van der Waals surface area contributed by atoms with E-state index in [-0.39, 0.29) is 6.04 Å². The van der Waals surface area contributed by atoms with E-state index in [1.54, 1.807) is 7.11 Å². The third-order valence-electron chi connectivity index (χ3n) is 2.39. The summed E-state index contributed by atoms with van der Waals surface area (Å²) in [4.78, 5) is 0. The molecule has 0 radical (unpaired) electrons. The van der Waals surface area contributed by atoms with E-state index < -0.39 is 0 Å². The molecule has 0 aromatic heterocycles. The van der Waals surface area contributed by atoms with Gasteiger partial charge < -0.3 is 16.2 Å². The molecule has 0 spiro atoms. The molecule has 1 unspecified atom stereocenters. The zero-order valence-electron chi connectivity index (χ0n) is 8.79. The van der Waals surface area contributed by atoms with E-state index in [4.69, 9.17) is 16.2 Å². The van der Waals surface area contributed by atoms with Crippen LogP contribution in [0.15, 0.2) is 18.2 Å². The average molecular weight is 194 g/mol. The van der Waals surface area contributed by atoms with E-state index in [0.29, 0.717) is 6.54 Å². The quantitative estimate of drug-likeness (QED) is 0.757. The second-order valence-electron chi connectivity index (χ2n) is 3.26. The number of ether oxygens (including phenoxy) is 1. The molecule has 0 bridgehead atoms. The normalized spacial score (nSPS) is 12.6. The molecular formula is C11H18N2O. The highest BCUT2D eigenvalue weighted by molar-refractivity contribution is 5.37. The summed E-state index contributed by atoms with van der Waals surface area (Å²) in [5.74, 6) is 0.834. The Hall–Kier alpha value is -1.06. The zero-order chi connectivity index (χ0) is 10.6. The van der Waals surface area contributed by atoms with Gasteiger partial charge in [-0.15, -0.1) is 0 Å². The lowest BCUT2D eigenvalue weighted by atomic mass is 9.99. The van der Waals surface area contributed by atoms with Gasteiger partial charge in [0.05, 0.1) is 7.11 Å². The van der Waals surface area contributed by atoms with Crippen LogP contribution in [0.4, 0.5) is 0 Å². The van der Waals surface area contributed by atoms with Crippen LogP contribution < -0.4 is 16.2 Å². The summed E-state index contributed by atoms with van der Waals surface area (Å²) in [6.07, 6.45) is 0.965. The molecule has 0 amide bonds. The zero-order valence-corrected chi connectivity index (χ0v) is 8.79. The lowest BCUT2D eigenvalue weighted by molar-refractivity contribution is 0.413. The van der Waals surface area contributed by atoms with Gasteiger partial charge in [0.25, 0.3) is 0 Å². The highest BCUT2D eigenvalue weighted by Crippen LogP contribution is 2.22. The van der Waals surface area contributed by atoms with E-state index in [1.807, 2.05) is 18.2 Å². The lowest BCUT2D eigenvalue weighted by Gasteiger charge is -2.15. The molecule has 0 saturated heterocycles. The van der Waals surface area contributed by atoms with Gasteiger partial charge in [0, 0.05) is 12.6 Å². The summed E-state index contributed by atoms with van der Waals surface area (Å²) >= 11 is 0. The smallest absolute Gasteiger partial charge is 0.119 e. The van der Waals surface area contributed by atoms with Gasteiger partial charge in [-0.1, -0.05) is 13.0 Å². The van der Waals surface area contributed by atoms with Crippen molar-refractivity contribution in [2.24, 2.45) is 11.5 Å². The molecule has 1 atom stereocenters. The molecule has 0 aliphatic carbocycles. The molecule has 3 heteroatoms. The van der Waals surface area contributed by atoms with Crippen molar-refractivity contribution in [1.82, 2.24) is 0 Å². The van der Waals surface area contributed by atoms with Crippen molar-refractivity contribution >= 4 is 0 Å². The van der Waals surface area contributed by atoms with Gasteiger partial charge >= 0.3 is 0 Å². The number of methoxy groups -OCH3 is 1. The Labute approximate surface area is 85.0 Å². The van der Waals surface area contributed by atoms with E-state index in [9.17, 15) is 0 Å². The Balaban J connectivity index is 3.08. The number of nitrogens with two attached hydrogens (primary N) is 2. The van der Waals surface area contributed by atoms with Crippen LogP contribution in [0.5, 0.6) is 5.75 Å². The first-order chi connectivity index (χ1) is 6.72. The molecule has 0 fully saturated rings. The van der Waals surface area contributed by atoms with Crippen molar-refractivity contribution in [3.05, 3.63) is 29.3 Å². The van der Waals surface area contributed by atoms with Crippen molar-refractivity contribution in [3.8, 4) is 5.75 Å². The topological polar surface area (TPSA) is 61.3 Å². The largest absolute Gasteiger partial charge is 0.497 e. The van der Waals surface area contributed by atoms with Crippen LogP contribution in [-0.4, -0.2) is 13.7 Å². The van der Waals surface area contributed by atoms with Crippen LogP contribution in [0.25, 0.3) is 0 Å². The molecule has 78 valence electrons. The third-order valence-corrected chi connectivity index (χ3v) is 2.39. The number of hydrogen-bond acceptors (Lipinski definition) is 3. The number of rotatable bonds is 4. The summed E-state index contributed by atoms with van der Waals surface area (Å²) in [7, 11) is 1.65. The molecule has 1 rings (SSSR count). The second-order valence-corrected chi connectivity index (χ2v) is 3.26. The van der Waals surface area contributed by atoms with Gasteiger partial charge in [-0.3, -0.25) is 0 Å². The van der Waals surface area contributed by atoms with E-state index >= 15 is 0 Å². The molecule has 0 aliphatic heterocycles. The van der Waals surface area contributed by atoms with Gasteiger partial charge in [-0.05, 0) is 29.7 Å². The van der Waals surface area contributed by atoms with E-state index in [2.05, 4.69) is 6.92 Å². The lowest BCUT2D eigenvalue weighted by Crippen LogP contribution is -2.22. The summed E-state index contributed by atoms with van der Waals surface area (Å²) < 4.78 is 5.15. The monoisotopic (exact) mass is 194 g/mol. The number of hydrogen-bond donors (Lipinski definition) is 2. The number of aryl methyl sites for hydroxylation is 1. The minimum absolute atomic E-state index is 0.0972. The van der Waals surface area contributed by atoms with Crippen molar-refractivity contribution in [1.29, 1.82) is 0 Å². The Kier molecular flexibility index (Phi) is 3.92. The fourth-order valence-electron chi connectivity index (χ4n) is 1.49. The van der Waals surface area contributed by atoms with Gasteiger partial charge in [-0.2, -0.15) is 0 Å². The van der Waals surface area contributed by atoms with Crippen LogP contribution in [0, 0.1) is 0 Å². The highest BCUT2D eigenvalue weighted by atomic mass is 16.5. The minimum Gasteiger partial charge on any atom is -0.497 e. The standard InChI is InChI=1S/C11H18N2O/c1-3-8-4-5-9(14-2)6-10(8)11(13)7-12/h4-6,11H,3,7,12-13H2,1-2H3. The van der Waals surface area contributed by atoms with Crippen LogP contribution >= 0.6 is 0 Å². The maximum atomic E-state index is 5.91. The van der Waals surface area contributed by atoms with Crippen molar-refractivity contribution in [3.63, 3.8) is 0 Å². The Morgan fingerprint density at radius 2 is 2.14 bits per heavy atom. The molecule has 1 aromatic carbocycles. The predicted molar refractivity (Wildman–Crippen MR) is 58.4 cm³/mol. The molecule has 3 nitrogen and oxygen atoms in total. The SMILES string of the molecule is CCc1ccc(OC)cc1C(N)CN. The molecule has 0 aliphatic rings. The number of benzene rings is 1. The Morgan fingerprint density at radius 3 is 2.64 bits per heavy atom. The first kappa shape index (κ1) is 11.0. The maximum absolute atomic E-state index is 5.91. The summed E-state index contributed by atoms with van der Waals surface area (Å²) in [6.45, 7) is 2.56. The third kappa shape index (κ3) is 2.25. The summed E-state index contributed by atoms with van der Waals surface area (Å²) in [5, 5.41) is 0. The molecule has 1 aromatic rings. The average Bonchev–Trinajstić information content (AvgIpc) is 2.27. The van der Waals surface area contributed by atoms with Crippen LogP contribution in [-0.2, 0) is 6.42 Å². The van der Waals surface area contributed by atoms with E-state index in [0.717, 1.165) is 17.7 Å². The Bertz CT molecular complexity index is 299. The first-order valence-electron chi connectivity index (χ1n) is 4.85. The fourth-order valence-corrected chi connectivity index (χ4v) is 1.49. The van der Waals surface area contributed by atoms with Gasteiger partial charge in [0.15, 0.2) is 0 Å². The predicted octanol–water partition coefficient (Wildman–Crippen LogP) is 1.22. The fraction of sp³-hybridized carbons (Fsp3) is 0.455. The molecule has 0 saturated carbocycles. The van der Waals surface area contributed by atoms with Crippen LogP contribution in [0.1, 0.15) is 24.1 Å². The maximum Gasteiger partial charge on any atom is 0.119 e. The van der Waals surface area contributed by atoms with Crippen LogP contribution in [0.2, 0.25) is 0 Å². The van der Waals surface area contributed by atoms with Gasteiger partial charge in [0.1, 0.15) is 5.75 Å². The molecule has 14 heavy (non-hydrogen) atoms. The Morgan fingerprint density at radius 1 is 1.43 bits per heavy atom. The van der Waals surface area contributed by atoms with Crippen molar-refractivity contribution < 1.29 is 4.74 Å². The van der Waals surface area contributed by atoms with Gasteiger partial charge in [-0.25, -0.2) is 0 Å². The minimum atomic E-state index is -0.0972. The molecule has 4 N–H and O–H groups in total. The van der Waals surface area contributed by atoms with Crippen molar-refractivity contribution in [2.45, 2.75) is 19.4 Å². The first-order valence-corrected chi connectivity index (χ1v) is 4.85. The van der Waals surface area contributed by atoms with E-state index in [1.165, 1.54) is 5.56 Å².